The van der Waals surface area contributed by atoms with E-state index in [0.717, 1.165) is 13.1 Å². The Morgan fingerprint density at radius 1 is 1.31 bits per heavy atom. The van der Waals surface area contributed by atoms with Crippen LogP contribution in [0.15, 0.2) is 28.8 Å². The molecule has 3 rings (SSSR count). The molecule has 1 aliphatic heterocycles. The van der Waals surface area contributed by atoms with Gasteiger partial charge < -0.3 is 19.7 Å². The van der Waals surface area contributed by atoms with Crippen LogP contribution in [0.2, 0.25) is 0 Å². The van der Waals surface area contributed by atoms with Crippen molar-refractivity contribution in [3.63, 3.8) is 0 Å². The molecule has 1 aliphatic rings. The van der Waals surface area contributed by atoms with Gasteiger partial charge in [-0.1, -0.05) is 5.16 Å². The number of halogens is 1. The van der Waals surface area contributed by atoms with E-state index in [1.54, 1.807) is 19.1 Å². The summed E-state index contributed by atoms with van der Waals surface area (Å²) < 4.78 is 23.5. The van der Waals surface area contributed by atoms with Crippen LogP contribution in [0.25, 0.3) is 11.4 Å². The molecule has 0 radical (unpaired) electrons. The van der Waals surface area contributed by atoms with Gasteiger partial charge in [-0.15, -0.1) is 0 Å². The predicted molar refractivity (Wildman–Crippen MR) is 104 cm³/mol. The van der Waals surface area contributed by atoms with E-state index in [2.05, 4.69) is 20.4 Å². The molecule has 1 aromatic carbocycles. The van der Waals surface area contributed by atoms with Gasteiger partial charge in [-0.3, -0.25) is 9.69 Å². The number of carbonyl (C=O) groups excluding carboxylic acids is 1. The molecule has 158 valence electrons. The van der Waals surface area contributed by atoms with Gasteiger partial charge in [0.2, 0.25) is 17.6 Å². The zero-order chi connectivity index (χ0) is 20.7. The van der Waals surface area contributed by atoms with Gasteiger partial charge in [0.05, 0.1) is 18.8 Å². The monoisotopic (exact) mass is 406 g/mol. The number of ether oxygens (including phenoxy) is 1. The summed E-state index contributed by atoms with van der Waals surface area (Å²) in [7, 11) is 0. The Hall–Kier alpha value is -2.36. The number of nitrogens with zero attached hydrogens (tertiary/aromatic N) is 3. The highest BCUT2D eigenvalue weighted by Crippen LogP contribution is 2.17. The normalized spacial score (nSPS) is 17.1. The summed E-state index contributed by atoms with van der Waals surface area (Å²) >= 11 is 0. The molecule has 8 nitrogen and oxygen atoms in total. The Morgan fingerprint density at radius 2 is 2.03 bits per heavy atom. The fourth-order valence-corrected chi connectivity index (χ4v) is 3.15. The molecule has 1 atom stereocenters. The molecule has 1 amide bonds. The second kappa shape index (κ2) is 9.91. The Balaban J connectivity index is 1.37. The number of carbonyl (C=O) groups is 1. The Morgan fingerprint density at radius 3 is 2.76 bits per heavy atom. The second-order valence-corrected chi connectivity index (χ2v) is 7.53. The maximum absolute atomic E-state index is 13.0. The van der Waals surface area contributed by atoms with Crippen LogP contribution in [0.3, 0.4) is 0 Å². The van der Waals surface area contributed by atoms with E-state index in [1.165, 1.54) is 12.1 Å². The first kappa shape index (κ1) is 21.4. The van der Waals surface area contributed by atoms with Crippen molar-refractivity contribution < 1.29 is 23.6 Å². The van der Waals surface area contributed by atoms with Crippen molar-refractivity contribution in [3.8, 4) is 11.4 Å². The van der Waals surface area contributed by atoms with Crippen molar-refractivity contribution in [3.05, 3.63) is 36.0 Å². The third kappa shape index (κ3) is 6.88. The van der Waals surface area contributed by atoms with Gasteiger partial charge in [-0.2, -0.15) is 4.98 Å². The number of hydrogen-bond donors (Lipinski definition) is 2. The number of nitrogens with one attached hydrogen (secondary N) is 1. The molecule has 1 fully saturated rings. The van der Waals surface area contributed by atoms with Gasteiger partial charge >= 0.3 is 0 Å². The first-order chi connectivity index (χ1) is 13.9. The largest absolute Gasteiger partial charge is 0.387 e. The van der Waals surface area contributed by atoms with Crippen LogP contribution < -0.4 is 5.32 Å². The number of benzene rings is 1. The van der Waals surface area contributed by atoms with Gasteiger partial charge in [0.1, 0.15) is 5.82 Å². The standard InChI is InChI=1S/C20H27FN4O4/c1-20(27,14-25-9-11-28-12-10-25)13-22-17(26)3-2-4-18-23-19(24-29-18)15-5-7-16(21)8-6-15/h5-8,27H,2-4,9-14H2,1H3,(H,22,26)/t20-/m0/s1. The van der Waals surface area contributed by atoms with E-state index in [0.29, 0.717) is 56.3 Å². The third-order valence-corrected chi connectivity index (χ3v) is 4.70. The molecule has 1 saturated heterocycles. The lowest BCUT2D eigenvalue weighted by Gasteiger charge is -2.33. The Kier molecular flexibility index (Phi) is 7.29. The molecule has 0 saturated carbocycles. The van der Waals surface area contributed by atoms with E-state index in [1.807, 2.05) is 0 Å². The molecule has 0 bridgehead atoms. The topological polar surface area (TPSA) is 101 Å². The number of aryl methyl sites for hydroxylation is 1. The number of amides is 1. The fraction of sp³-hybridized carbons (Fsp3) is 0.550. The van der Waals surface area contributed by atoms with E-state index >= 15 is 0 Å². The number of morpholine rings is 1. The van der Waals surface area contributed by atoms with Gasteiger partial charge in [-0.25, -0.2) is 4.39 Å². The van der Waals surface area contributed by atoms with Crippen LogP contribution in [-0.2, 0) is 16.0 Å². The molecule has 9 heteroatoms. The summed E-state index contributed by atoms with van der Waals surface area (Å²) in [5.41, 5.74) is -0.328. The highest BCUT2D eigenvalue weighted by atomic mass is 19.1. The van der Waals surface area contributed by atoms with Crippen molar-refractivity contribution in [2.45, 2.75) is 31.8 Å². The van der Waals surface area contributed by atoms with Crippen molar-refractivity contribution in [1.82, 2.24) is 20.4 Å². The molecule has 0 unspecified atom stereocenters. The second-order valence-electron chi connectivity index (χ2n) is 7.53. The number of rotatable bonds is 9. The lowest BCUT2D eigenvalue weighted by molar-refractivity contribution is -0.122. The number of hydrogen-bond acceptors (Lipinski definition) is 7. The molecule has 2 aromatic rings. The molecule has 0 spiro atoms. The fourth-order valence-electron chi connectivity index (χ4n) is 3.15. The molecule has 0 aliphatic carbocycles. The van der Waals surface area contributed by atoms with Gasteiger partial charge in [0.15, 0.2) is 0 Å². The lowest BCUT2D eigenvalue weighted by atomic mass is 10.1. The van der Waals surface area contributed by atoms with Crippen molar-refractivity contribution in [1.29, 1.82) is 0 Å². The predicted octanol–water partition coefficient (Wildman–Crippen LogP) is 1.40. The van der Waals surface area contributed by atoms with E-state index in [4.69, 9.17) is 9.26 Å². The van der Waals surface area contributed by atoms with Crippen molar-refractivity contribution in [2.75, 3.05) is 39.4 Å². The third-order valence-electron chi connectivity index (χ3n) is 4.70. The van der Waals surface area contributed by atoms with Crippen LogP contribution in [0, 0.1) is 5.82 Å². The number of aliphatic hydroxyl groups is 1. The molecular formula is C20H27FN4O4. The Bertz CT molecular complexity index is 788. The van der Waals surface area contributed by atoms with Crippen LogP contribution in [0.4, 0.5) is 4.39 Å². The van der Waals surface area contributed by atoms with Gasteiger partial charge in [0.25, 0.3) is 0 Å². The van der Waals surface area contributed by atoms with Crippen LogP contribution in [0.5, 0.6) is 0 Å². The minimum Gasteiger partial charge on any atom is -0.387 e. The zero-order valence-corrected chi connectivity index (χ0v) is 16.6. The first-order valence-corrected chi connectivity index (χ1v) is 9.79. The SMILES string of the molecule is C[C@](O)(CNC(=O)CCCc1nc(-c2ccc(F)cc2)no1)CN1CCOCC1. The summed E-state index contributed by atoms with van der Waals surface area (Å²) in [5.74, 6) is 0.359. The van der Waals surface area contributed by atoms with Crippen LogP contribution in [0.1, 0.15) is 25.7 Å². The van der Waals surface area contributed by atoms with E-state index < -0.39 is 5.60 Å². The minimum atomic E-state index is -0.996. The minimum absolute atomic E-state index is 0.134. The molecule has 29 heavy (non-hydrogen) atoms. The summed E-state index contributed by atoms with van der Waals surface area (Å²) in [5, 5.41) is 17.2. The summed E-state index contributed by atoms with van der Waals surface area (Å²) in [4.78, 5) is 18.5. The quantitative estimate of drug-likeness (QED) is 0.649. The van der Waals surface area contributed by atoms with Crippen molar-refractivity contribution >= 4 is 5.91 Å². The maximum atomic E-state index is 13.0. The maximum Gasteiger partial charge on any atom is 0.226 e. The van der Waals surface area contributed by atoms with E-state index in [9.17, 15) is 14.3 Å². The first-order valence-electron chi connectivity index (χ1n) is 9.79. The Labute approximate surface area is 169 Å². The summed E-state index contributed by atoms with van der Waals surface area (Å²) in [6.07, 6.45) is 1.30. The molecule has 2 heterocycles. The van der Waals surface area contributed by atoms with Gasteiger partial charge in [0, 0.05) is 44.6 Å². The number of aromatic nitrogens is 2. The zero-order valence-electron chi connectivity index (χ0n) is 16.6. The smallest absolute Gasteiger partial charge is 0.226 e. The molecular weight excluding hydrogens is 379 g/mol. The highest BCUT2D eigenvalue weighted by molar-refractivity contribution is 5.75. The lowest BCUT2D eigenvalue weighted by Crippen LogP contribution is -2.51. The van der Waals surface area contributed by atoms with Crippen molar-refractivity contribution in [2.24, 2.45) is 0 Å². The van der Waals surface area contributed by atoms with Gasteiger partial charge in [-0.05, 0) is 37.6 Å². The molecule has 1 aromatic heterocycles. The average Bonchev–Trinajstić information content (AvgIpc) is 3.16. The number of β-amino-alcohol motifs (C(OH)–C–C–N with tert-alkyl or cyclic N) is 1. The van der Waals surface area contributed by atoms with Crippen LogP contribution >= 0.6 is 0 Å². The summed E-state index contributed by atoms with van der Waals surface area (Å²) in [6, 6.07) is 5.84. The van der Waals surface area contributed by atoms with E-state index in [-0.39, 0.29) is 18.3 Å². The highest BCUT2D eigenvalue weighted by Gasteiger charge is 2.25. The summed E-state index contributed by atoms with van der Waals surface area (Å²) in [6.45, 7) is 5.31. The molecule has 2 N–H and O–H groups in total. The average molecular weight is 406 g/mol. The van der Waals surface area contributed by atoms with Crippen LogP contribution in [-0.4, -0.2) is 71.0 Å².